The largest absolute Gasteiger partial charge is 0.490 e. The molecule has 0 spiro atoms. The van der Waals surface area contributed by atoms with Crippen molar-refractivity contribution in [2.45, 2.75) is 11.1 Å². The molecule has 0 atom stereocenters. The number of halogens is 3. The van der Waals surface area contributed by atoms with Crippen LogP contribution in [-0.2, 0) is 14.6 Å². The lowest BCUT2D eigenvalue weighted by Gasteiger charge is -2.05. The highest BCUT2D eigenvalue weighted by Crippen LogP contribution is 2.22. The number of aromatic nitrogens is 4. The van der Waals surface area contributed by atoms with Gasteiger partial charge in [-0.2, -0.15) is 17.9 Å². The van der Waals surface area contributed by atoms with E-state index in [-0.39, 0.29) is 10.9 Å². The van der Waals surface area contributed by atoms with Crippen LogP contribution in [-0.4, -0.2) is 52.1 Å². The second-order valence-corrected chi connectivity index (χ2v) is 7.50. The van der Waals surface area contributed by atoms with Gasteiger partial charge in [0.1, 0.15) is 0 Å². The fourth-order valence-electron chi connectivity index (χ4n) is 1.98. The summed E-state index contributed by atoms with van der Waals surface area (Å²) in [4.78, 5) is 20.6. The van der Waals surface area contributed by atoms with Crippen molar-refractivity contribution in [2.75, 3.05) is 6.26 Å². The Morgan fingerprint density at radius 1 is 1.14 bits per heavy atom. The summed E-state index contributed by atoms with van der Waals surface area (Å²) in [5, 5.41) is 16.3. The number of nitrogens with one attached hydrogen (secondary N) is 1. The SMILES string of the molecule is O=C(O)C(F)(F)F.[2H]c1cc(-c2ccc(S(C)(=O)=O)cc2)ccc1-n1nn[nH]c1=O. The van der Waals surface area contributed by atoms with E-state index in [1.165, 1.54) is 12.1 Å². The zero-order valence-corrected chi connectivity index (χ0v) is 15.3. The van der Waals surface area contributed by atoms with Crippen molar-refractivity contribution < 1.29 is 32.9 Å². The average Bonchev–Trinajstić information content (AvgIpc) is 3.06. The average molecular weight is 431 g/mol. The molecule has 1 aromatic heterocycles. The number of rotatable bonds is 3. The first-order valence-electron chi connectivity index (χ1n) is 8.02. The van der Waals surface area contributed by atoms with Crippen LogP contribution in [0.4, 0.5) is 13.2 Å². The van der Waals surface area contributed by atoms with Gasteiger partial charge in [0.15, 0.2) is 9.84 Å². The van der Waals surface area contributed by atoms with Gasteiger partial charge in [-0.3, -0.25) is 0 Å². The molecule has 9 nitrogen and oxygen atoms in total. The minimum absolute atomic E-state index is 0.102. The third-order valence-electron chi connectivity index (χ3n) is 3.35. The van der Waals surface area contributed by atoms with Gasteiger partial charge in [0.25, 0.3) is 0 Å². The molecule has 0 saturated carbocycles. The van der Waals surface area contributed by atoms with Crippen LogP contribution < -0.4 is 5.69 Å². The molecule has 0 fully saturated rings. The predicted molar refractivity (Wildman–Crippen MR) is 94.2 cm³/mol. The summed E-state index contributed by atoms with van der Waals surface area (Å²) in [5.74, 6) is -2.76. The molecule has 0 radical (unpaired) electrons. The third kappa shape index (κ3) is 5.75. The second-order valence-electron chi connectivity index (χ2n) is 5.48. The third-order valence-corrected chi connectivity index (χ3v) is 4.48. The van der Waals surface area contributed by atoms with E-state index in [1.54, 1.807) is 30.3 Å². The number of aromatic amines is 1. The molecule has 13 heteroatoms. The Kier molecular flexibility index (Phi) is 5.77. The number of nitrogens with zero attached hydrogens (tertiary/aromatic N) is 3. The fraction of sp³-hybridized carbons (Fsp3) is 0.125. The zero-order valence-electron chi connectivity index (χ0n) is 15.5. The first-order chi connectivity index (χ1) is 13.8. The zero-order chi connectivity index (χ0) is 22.7. The molecule has 29 heavy (non-hydrogen) atoms. The van der Waals surface area contributed by atoms with Crippen molar-refractivity contribution in [1.82, 2.24) is 20.2 Å². The van der Waals surface area contributed by atoms with E-state index in [4.69, 9.17) is 11.3 Å². The lowest BCUT2D eigenvalue weighted by Crippen LogP contribution is -2.21. The maximum Gasteiger partial charge on any atom is 0.490 e. The van der Waals surface area contributed by atoms with Gasteiger partial charge < -0.3 is 5.11 Å². The molecule has 0 saturated heterocycles. The van der Waals surface area contributed by atoms with E-state index in [1.807, 2.05) is 0 Å². The highest BCUT2D eigenvalue weighted by Gasteiger charge is 2.38. The summed E-state index contributed by atoms with van der Waals surface area (Å²) in [6.07, 6.45) is -3.94. The predicted octanol–water partition coefficient (Wildman–Crippen LogP) is 1.66. The standard InChI is InChI=1S/C14H12N4O3S.C2HF3O2/c1-22(20,21)13-8-4-11(5-9-13)10-2-6-12(7-3-10)18-14(19)15-16-17-18;3-2(4,5)1(6)7/h2-9H,1H3,(H,15,17,19);(H,6,7)/i6D;. The molecule has 2 aromatic carbocycles. The Labute approximate surface area is 162 Å². The topological polar surface area (TPSA) is 135 Å². The number of alkyl halides is 3. The maximum atomic E-state index is 11.5. The van der Waals surface area contributed by atoms with Crippen molar-refractivity contribution in [3.05, 3.63) is 59.0 Å². The van der Waals surface area contributed by atoms with E-state index in [0.29, 0.717) is 5.69 Å². The second kappa shape index (κ2) is 8.26. The summed E-state index contributed by atoms with van der Waals surface area (Å²) in [5.41, 5.74) is 1.28. The summed E-state index contributed by atoms with van der Waals surface area (Å²) >= 11 is 0. The Morgan fingerprint density at radius 2 is 1.66 bits per heavy atom. The van der Waals surface area contributed by atoms with Crippen LogP contribution in [0.2, 0.25) is 0 Å². The molecule has 2 N–H and O–H groups in total. The van der Waals surface area contributed by atoms with Crippen LogP contribution in [0.1, 0.15) is 1.37 Å². The van der Waals surface area contributed by atoms with Crippen LogP contribution in [0, 0.1) is 0 Å². The van der Waals surface area contributed by atoms with Gasteiger partial charge in [0.2, 0.25) is 0 Å². The lowest BCUT2D eigenvalue weighted by molar-refractivity contribution is -0.192. The summed E-state index contributed by atoms with van der Waals surface area (Å²) in [6.45, 7) is 0. The first kappa shape index (κ1) is 20.3. The molecular formula is C16H13F3N4O5S. The van der Waals surface area contributed by atoms with Crippen LogP contribution in [0.3, 0.4) is 0 Å². The van der Waals surface area contributed by atoms with E-state index < -0.39 is 27.7 Å². The normalized spacial score (nSPS) is 11.9. The summed E-state index contributed by atoms with van der Waals surface area (Å²) < 4.78 is 63.7. The van der Waals surface area contributed by atoms with Gasteiger partial charge >= 0.3 is 17.8 Å². The molecule has 1 heterocycles. The minimum Gasteiger partial charge on any atom is -0.475 e. The minimum atomic E-state index is -5.08. The van der Waals surface area contributed by atoms with Gasteiger partial charge in [-0.15, -0.1) is 0 Å². The molecule has 3 rings (SSSR count). The molecule has 154 valence electrons. The number of hydrogen-bond donors (Lipinski definition) is 2. The van der Waals surface area contributed by atoms with Gasteiger partial charge in [-0.25, -0.2) is 23.1 Å². The van der Waals surface area contributed by atoms with Crippen molar-refractivity contribution in [1.29, 1.82) is 0 Å². The molecule has 0 aliphatic carbocycles. The van der Waals surface area contributed by atoms with Crippen LogP contribution in [0.5, 0.6) is 0 Å². The molecular weight excluding hydrogens is 417 g/mol. The monoisotopic (exact) mass is 431 g/mol. The van der Waals surface area contributed by atoms with E-state index in [2.05, 4.69) is 15.5 Å². The van der Waals surface area contributed by atoms with Crippen LogP contribution >= 0.6 is 0 Å². The molecule has 3 aromatic rings. The van der Waals surface area contributed by atoms with Crippen molar-refractivity contribution >= 4 is 15.8 Å². The quantitative estimate of drug-likeness (QED) is 0.644. The van der Waals surface area contributed by atoms with Crippen LogP contribution in [0.25, 0.3) is 16.8 Å². The Bertz CT molecular complexity index is 1220. The van der Waals surface area contributed by atoms with Gasteiger partial charge in [-0.1, -0.05) is 24.3 Å². The van der Waals surface area contributed by atoms with E-state index in [9.17, 15) is 26.4 Å². The lowest BCUT2D eigenvalue weighted by atomic mass is 10.1. The van der Waals surface area contributed by atoms with E-state index in [0.717, 1.165) is 22.1 Å². The Hall–Kier alpha value is -3.48. The molecule has 0 unspecified atom stereocenters. The number of benzene rings is 2. The number of hydrogen-bond acceptors (Lipinski definition) is 6. The van der Waals surface area contributed by atoms with E-state index >= 15 is 0 Å². The number of aliphatic carboxylic acids is 1. The fourth-order valence-corrected chi connectivity index (χ4v) is 2.61. The molecule has 0 bridgehead atoms. The number of carboxylic acids is 1. The number of H-pyrrole nitrogens is 1. The van der Waals surface area contributed by atoms with Crippen molar-refractivity contribution in [2.24, 2.45) is 0 Å². The smallest absolute Gasteiger partial charge is 0.475 e. The number of carbonyl (C=O) groups is 1. The molecule has 0 amide bonds. The van der Waals surface area contributed by atoms with Crippen molar-refractivity contribution in [3.63, 3.8) is 0 Å². The Balaban J connectivity index is 0.000000396. The number of carboxylic acid groups (broad SMARTS) is 1. The maximum absolute atomic E-state index is 11.5. The van der Waals surface area contributed by atoms with Gasteiger partial charge in [0, 0.05) is 6.26 Å². The van der Waals surface area contributed by atoms with Crippen LogP contribution in [0.15, 0.2) is 58.2 Å². The summed E-state index contributed by atoms with van der Waals surface area (Å²) in [7, 11) is -3.24. The number of tetrazole rings is 1. The first-order valence-corrected chi connectivity index (χ1v) is 9.42. The van der Waals surface area contributed by atoms with Crippen molar-refractivity contribution in [3.8, 4) is 16.8 Å². The Morgan fingerprint density at radius 3 is 2.07 bits per heavy atom. The highest BCUT2D eigenvalue weighted by molar-refractivity contribution is 7.90. The van der Waals surface area contributed by atoms with Gasteiger partial charge in [0.05, 0.1) is 12.0 Å². The van der Waals surface area contributed by atoms with Gasteiger partial charge in [-0.05, 0) is 45.8 Å². The number of sulfone groups is 1. The molecule has 0 aliphatic rings. The highest BCUT2D eigenvalue weighted by atomic mass is 32.2. The summed E-state index contributed by atoms with van der Waals surface area (Å²) in [6, 6.07) is 11.4. The molecule has 0 aliphatic heterocycles.